The average Bonchev–Trinajstić information content (AvgIpc) is 3.25. The van der Waals surface area contributed by atoms with Crippen molar-refractivity contribution in [3.05, 3.63) is 51.4 Å². The molecule has 0 saturated heterocycles. The summed E-state index contributed by atoms with van der Waals surface area (Å²) < 4.78 is 3.69. The van der Waals surface area contributed by atoms with Gasteiger partial charge in [-0.25, -0.2) is 0 Å². The number of aromatic nitrogens is 6. The van der Waals surface area contributed by atoms with Crippen molar-refractivity contribution in [3.63, 3.8) is 0 Å². The van der Waals surface area contributed by atoms with E-state index in [9.17, 15) is 0 Å². The van der Waals surface area contributed by atoms with Crippen molar-refractivity contribution in [2.75, 3.05) is 0 Å². The zero-order valence-corrected chi connectivity index (χ0v) is 15.9. The summed E-state index contributed by atoms with van der Waals surface area (Å²) in [5.41, 5.74) is 2.77. The van der Waals surface area contributed by atoms with Crippen molar-refractivity contribution in [1.82, 2.24) is 29.6 Å². The van der Waals surface area contributed by atoms with Crippen LogP contribution in [0.3, 0.4) is 0 Å². The van der Waals surface area contributed by atoms with E-state index < -0.39 is 0 Å². The van der Waals surface area contributed by atoms with Gasteiger partial charge >= 0.3 is 0 Å². The summed E-state index contributed by atoms with van der Waals surface area (Å²) in [6, 6.07) is 7.48. The quantitative estimate of drug-likeness (QED) is 0.519. The molecule has 6 nitrogen and oxygen atoms in total. The van der Waals surface area contributed by atoms with Crippen molar-refractivity contribution in [1.29, 1.82) is 0 Å². The summed E-state index contributed by atoms with van der Waals surface area (Å²) in [4.78, 5) is 0.731. The van der Waals surface area contributed by atoms with Crippen LogP contribution in [0.5, 0.6) is 0 Å². The second kappa shape index (κ2) is 6.40. The topological polar surface area (TPSA) is 60.9 Å². The number of benzene rings is 1. The molecule has 25 heavy (non-hydrogen) atoms. The Morgan fingerprint density at radius 1 is 1.12 bits per heavy atom. The van der Waals surface area contributed by atoms with Crippen LogP contribution in [0.2, 0.25) is 10.0 Å². The Balaban J connectivity index is 1.76. The van der Waals surface area contributed by atoms with E-state index in [4.69, 9.17) is 23.2 Å². The van der Waals surface area contributed by atoms with Crippen LogP contribution in [-0.2, 0) is 13.0 Å². The molecule has 0 saturated carbocycles. The molecule has 0 aliphatic carbocycles. The number of hydrogen-bond acceptors (Lipinski definition) is 5. The summed E-state index contributed by atoms with van der Waals surface area (Å²) in [5.74, 6) is 0.701. The van der Waals surface area contributed by atoms with Crippen LogP contribution < -0.4 is 0 Å². The SMILES string of the molecule is CCn1nc(C)cc1-c1nn2c(Cc3c(Cl)cccc3Cl)nnc2s1. The molecule has 4 rings (SSSR count). The molecule has 4 aromatic rings. The van der Waals surface area contributed by atoms with E-state index in [2.05, 4.69) is 27.3 Å². The van der Waals surface area contributed by atoms with Crippen molar-refractivity contribution < 1.29 is 0 Å². The Labute approximate surface area is 158 Å². The molecule has 0 fully saturated rings. The fourth-order valence-electron chi connectivity index (χ4n) is 2.69. The highest BCUT2D eigenvalue weighted by atomic mass is 35.5. The zero-order chi connectivity index (χ0) is 17.6. The van der Waals surface area contributed by atoms with E-state index in [1.54, 1.807) is 4.52 Å². The first-order valence-electron chi connectivity index (χ1n) is 7.75. The van der Waals surface area contributed by atoms with E-state index in [1.807, 2.05) is 35.9 Å². The highest BCUT2D eigenvalue weighted by Gasteiger charge is 2.18. The van der Waals surface area contributed by atoms with Crippen LogP contribution in [0.25, 0.3) is 15.7 Å². The number of fused-ring (bicyclic) bond motifs is 1. The summed E-state index contributed by atoms with van der Waals surface area (Å²) in [5, 5.41) is 19.7. The molecule has 0 radical (unpaired) electrons. The van der Waals surface area contributed by atoms with Gasteiger partial charge in [-0.1, -0.05) is 40.6 Å². The summed E-state index contributed by atoms with van der Waals surface area (Å²) in [6.45, 7) is 4.81. The first-order chi connectivity index (χ1) is 12.1. The van der Waals surface area contributed by atoms with Gasteiger partial charge in [-0.3, -0.25) is 4.68 Å². The first kappa shape index (κ1) is 16.5. The number of rotatable bonds is 4. The lowest BCUT2D eigenvalue weighted by molar-refractivity contribution is 0.659. The maximum Gasteiger partial charge on any atom is 0.235 e. The van der Waals surface area contributed by atoms with Crippen LogP contribution in [0.1, 0.15) is 24.0 Å². The van der Waals surface area contributed by atoms with E-state index in [-0.39, 0.29) is 0 Å². The van der Waals surface area contributed by atoms with Gasteiger partial charge in [0.25, 0.3) is 0 Å². The molecule has 3 heterocycles. The zero-order valence-electron chi connectivity index (χ0n) is 13.6. The number of halogens is 2. The smallest absolute Gasteiger partial charge is 0.235 e. The first-order valence-corrected chi connectivity index (χ1v) is 9.33. The minimum atomic E-state index is 0.467. The van der Waals surface area contributed by atoms with E-state index in [1.165, 1.54) is 11.3 Å². The number of aryl methyl sites for hydroxylation is 2. The van der Waals surface area contributed by atoms with Gasteiger partial charge in [-0.15, -0.1) is 10.2 Å². The molecule has 3 aromatic heterocycles. The summed E-state index contributed by atoms with van der Waals surface area (Å²) in [6.07, 6.45) is 0.467. The fourth-order valence-corrected chi connectivity index (χ4v) is 4.10. The molecule has 0 spiro atoms. The highest BCUT2D eigenvalue weighted by Crippen LogP contribution is 2.29. The van der Waals surface area contributed by atoms with E-state index >= 15 is 0 Å². The van der Waals surface area contributed by atoms with Gasteiger partial charge in [0.1, 0.15) is 0 Å². The molecule has 128 valence electrons. The Kier molecular flexibility index (Phi) is 4.23. The van der Waals surface area contributed by atoms with Crippen LogP contribution in [0.15, 0.2) is 24.3 Å². The average molecular weight is 393 g/mol. The monoisotopic (exact) mass is 392 g/mol. The molecule has 1 aromatic carbocycles. The van der Waals surface area contributed by atoms with Gasteiger partial charge < -0.3 is 0 Å². The minimum absolute atomic E-state index is 0.467. The van der Waals surface area contributed by atoms with Crippen LogP contribution in [-0.4, -0.2) is 29.6 Å². The van der Waals surface area contributed by atoms with Crippen molar-refractivity contribution in [3.8, 4) is 10.7 Å². The molecule has 9 heteroatoms. The second-order valence-electron chi connectivity index (χ2n) is 5.58. The lowest BCUT2D eigenvalue weighted by Gasteiger charge is -2.04. The molecule has 0 N–H and O–H groups in total. The Morgan fingerprint density at radius 3 is 2.60 bits per heavy atom. The molecule has 0 unspecified atom stereocenters. The fraction of sp³-hybridized carbons (Fsp3) is 0.250. The predicted molar refractivity (Wildman–Crippen MR) is 99.6 cm³/mol. The molecule has 0 aliphatic heterocycles. The van der Waals surface area contributed by atoms with Gasteiger partial charge in [-0.05, 0) is 37.6 Å². The van der Waals surface area contributed by atoms with E-state index in [0.717, 1.165) is 33.5 Å². The third-order valence-corrected chi connectivity index (χ3v) is 5.50. The second-order valence-corrected chi connectivity index (χ2v) is 7.35. The minimum Gasteiger partial charge on any atom is -0.262 e. The molecule has 0 amide bonds. The lowest BCUT2D eigenvalue weighted by atomic mass is 10.1. The Hall–Kier alpha value is -1.96. The van der Waals surface area contributed by atoms with Crippen LogP contribution >= 0.6 is 34.5 Å². The summed E-state index contributed by atoms with van der Waals surface area (Å²) in [7, 11) is 0. The van der Waals surface area contributed by atoms with Gasteiger partial charge in [0.2, 0.25) is 4.96 Å². The third kappa shape index (κ3) is 2.92. The number of hydrogen-bond donors (Lipinski definition) is 0. The van der Waals surface area contributed by atoms with Crippen LogP contribution in [0.4, 0.5) is 0 Å². The normalized spacial score (nSPS) is 11.5. The Bertz CT molecular complexity index is 1040. The molecular formula is C16H14Cl2N6S. The Morgan fingerprint density at radius 2 is 1.88 bits per heavy atom. The molecular weight excluding hydrogens is 379 g/mol. The van der Waals surface area contributed by atoms with E-state index in [0.29, 0.717) is 22.3 Å². The van der Waals surface area contributed by atoms with Gasteiger partial charge in [-0.2, -0.15) is 14.7 Å². The van der Waals surface area contributed by atoms with Gasteiger partial charge in [0.15, 0.2) is 10.8 Å². The molecule has 0 aliphatic rings. The molecule has 0 atom stereocenters. The maximum absolute atomic E-state index is 6.27. The van der Waals surface area contributed by atoms with Crippen molar-refractivity contribution in [2.45, 2.75) is 26.8 Å². The highest BCUT2D eigenvalue weighted by molar-refractivity contribution is 7.19. The predicted octanol–water partition coefficient (Wildman–Crippen LogP) is 4.28. The third-order valence-electron chi connectivity index (χ3n) is 3.87. The van der Waals surface area contributed by atoms with Crippen molar-refractivity contribution in [2.24, 2.45) is 0 Å². The number of nitrogens with zero attached hydrogens (tertiary/aromatic N) is 6. The van der Waals surface area contributed by atoms with Crippen molar-refractivity contribution >= 4 is 39.5 Å². The maximum atomic E-state index is 6.27. The van der Waals surface area contributed by atoms with Gasteiger partial charge in [0.05, 0.1) is 11.4 Å². The summed E-state index contributed by atoms with van der Waals surface area (Å²) >= 11 is 14.0. The largest absolute Gasteiger partial charge is 0.262 e. The van der Waals surface area contributed by atoms with Gasteiger partial charge in [0, 0.05) is 23.0 Å². The van der Waals surface area contributed by atoms with Crippen LogP contribution in [0, 0.1) is 6.92 Å². The molecule has 0 bridgehead atoms. The lowest BCUT2D eigenvalue weighted by Crippen LogP contribution is -2.01. The standard InChI is InChI=1S/C16H14Cl2N6S/c1-3-23-13(7-9(2)21-23)15-22-24-14(19-20-16(24)25-15)8-10-11(17)5-4-6-12(10)18/h4-7H,3,8H2,1-2H3.